The second-order valence-electron chi connectivity index (χ2n) is 7.20. The zero-order valence-electron chi connectivity index (χ0n) is 16.9. The number of pyridine rings is 1. The van der Waals surface area contributed by atoms with Gasteiger partial charge in [0.2, 0.25) is 0 Å². The number of carbonyl (C=O) groups excluding carboxylic acids is 1. The molecule has 156 valence electrons. The molecular weight excluding hydrogens is 438 g/mol. The number of nitrogens with zero attached hydrogens (tertiary/aromatic N) is 1. The highest BCUT2D eigenvalue weighted by atomic mass is 35.5. The number of rotatable bonds is 4. The molecule has 0 fully saturated rings. The molecule has 0 bridgehead atoms. The van der Waals surface area contributed by atoms with Crippen molar-refractivity contribution < 1.29 is 4.79 Å². The van der Waals surface area contributed by atoms with Crippen LogP contribution in [0.2, 0.25) is 5.02 Å². The average Bonchev–Trinajstić information content (AvgIpc) is 3.23. The highest BCUT2D eigenvalue weighted by Crippen LogP contribution is 2.39. The number of hydrogen-bond donors (Lipinski definition) is 2. The molecule has 5 rings (SSSR count). The number of fused-ring (bicyclic) bond motifs is 1. The molecule has 0 spiro atoms. The van der Waals surface area contributed by atoms with Gasteiger partial charge < -0.3 is 10.6 Å². The molecule has 0 saturated heterocycles. The normalized spacial score (nSPS) is 10.8. The highest BCUT2D eigenvalue weighted by molar-refractivity contribution is 7.17. The summed E-state index contributed by atoms with van der Waals surface area (Å²) in [5, 5.41) is 9.30. The number of amides is 2. The Morgan fingerprint density at radius 2 is 1.47 bits per heavy atom. The maximum atomic E-state index is 12.7. The Kier molecular flexibility index (Phi) is 5.58. The lowest BCUT2D eigenvalue weighted by molar-refractivity contribution is 0.262. The van der Waals surface area contributed by atoms with Crippen LogP contribution in [0.5, 0.6) is 0 Å². The summed E-state index contributed by atoms with van der Waals surface area (Å²) in [6.45, 7) is 0. The van der Waals surface area contributed by atoms with Gasteiger partial charge in [-0.25, -0.2) is 9.78 Å². The lowest BCUT2D eigenvalue weighted by Crippen LogP contribution is -2.19. The van der Waals surface area contributed by atoms with Crippen LogP contribution in [0, 0.1) is 0 Å². The van der Waals surface area contributed by atoms with E-state index in [-0.39, 0.29) is 6.03 Å². The lowest BCUT2D eigenvalue weighted by Gasteiger charge is -2.11. The molecule has 2 amide bonds. The van der Waals surface area contributed by atoms with Crippen LogP contribution >= 0.6 is 22.9 Å². The number of urea groups is 1. The van der Waals surface area contributed by atoms with E-state index in [4.69, 9.17) is 16.6 Å². The van der Waals surface area contributed by atoms with Crippen LogP contribution in [0.25, 0.3) is 32.6 Å². The molecule has 0 aliphatic carbocycles. The van der Waals surface area contributed by atoms with Crippen molar-refractivity contribution in [1.82, 2.24) is 4.98 Å². The topological polar surface area (TPSA) is 54.0 Å². The Morgan fingerprint density at radius 1 is 0.812 bits per heavy atom. The summed E-state index contributed by atoms with van der Waals surface area (Å²) < 4.78 is 0. The van der Waals surface area contributed by atoms with Crippen LogP contribution in [0.1, 0.15) is 0 Å². The Balaban J connectivity index is 1.55. The van der Waals surface area contributed by atoms with Gasteiger partial charge in [-0.2, -0.15) is 0 Å². The van der Waals surface area contributed by atoms with E-state index < -0.39 is 0 Å². The number of anilines is 2. The number of halogens is 1. The smallest absolute Gasteiger partial charge is 0.308 e. The van der Waals surface area contributed by atoms with Gasteiger partial charge in [0.1, 0.15) is 4.83 Å². The third-order valence-corrected chi connectivity index (χ3v) is 6.17. The van der Waals surface area contributed by atoms with E-state index in [9.17, 15) is 4.79 Å². The van der Waals surface area contributed by atoms with Gasteiger partial charge in [-0.3, -0.25) is 0 Å². The molecule has 0 aliphatic heterocycles. The molecule has 32 heavy (non-hydrogen) atoms. The Hall–Kier alpha value is -3.67. The first kappa shape index (κ1) is 20.2. The SMILES string of the molecule is O=C(Nc1ccc(Cl)cc1)Nc1csc2nc(-c3ccccc3)cc(-c3ccccc3)c12. The van der Waals surface area contributed by atoms with Gasteiger partial charge >= 0.3 is 6.03 Å². The fraction of sp³-hybridized carbons (Fsp3) is 0. The zero-order chi connectivity index (χ0) is 21.9. The first-order chi connectivity index (χ1) is 15.7. The number of carbonyl (C=O) groups is 1. The number of nitrogens with one attached hydrogen (secondary N) is 2. The summed E-state index contributed by atoms with van der Waals surface area (Å²) in [4.78, 5) is 18.4. The number of thiophene rings is 1. The first-order valence-electron chi connectivity index (χ1n) is 10.0. The van der Waals surface area contributed by atoms with Gasteiger partial charge in [-0.05, 0) is 41.5 Å². The quantitative estimate of drug-likeness (QED) is 0.289. The molecule has 0 unspecified atom stereocenters. The maximum absolute atomic E-state index is 12.7. The first-order valence-corrected chi connectivity index (χ1v) is 11.3. The molecule has 0 saturated carbocycles. The minimum absolute atomic E-state index is 0.321. The van der Waals surface area contributed by atoms with Gasteiger partial charge in [-0.15, -0.1) is 11.3 Å². The van der Waals surface area contributed by atoms with Crippen LogP contribution in [0.4, 0.5) is 16.2 Å². The molecule has 2 N–H and O–H groups in total. The molecule has 2 heterocycles. The molecule has 4 nitrogen and oxygen atoms in total. The van der Waals surface area contributed by atoms with Crippen molar-refractivity contribution in [3.8, 4) is 22.4 Å². The average molecular weight is 456 g/mol. The van der Waals surface area contributed by atoms with Crippen molar-refractivity contribution in [2.24, 2.45) is 0 Å². The van der Waals surface area contributed by atoms with Gasteiger partial charge in [0.15, 0.2) is 0 Å². The highest BCUT2D eigenvalue weighted by Gasteiger charge is 2.16. The fourth-order valence-corrected chi connectivity index (χ4v) is 4.57. The maximum Gasteiger partial charge on any atom is 0.323 e. The van der Waals surface area contributed by atoms with E-state index in [0.717, 1.165) is 38.3 Å². The summed E-state index contributed by atoms with van der Waals surface area (Å²) in [5.41, 5.74) is 5.43. The van der Waals surface area contributed by atoms with Crippen molar-refractivity contribution >= 4 is 50.6 Å². The van der Waals surface area contributed by atoms with Crippen LogP contribution < -0.4 is 10.6 Å². The number of benzene rings is 3. The molecule has 0 radical (unpaired) electrons. The second kappa shape index (κ2) is 8.83. The Morgan fingerprint density at radius 3 is 2.16 bits per heavy atom. The standard InChI is InChI=1S/C26H18ClN3OS/c27-19-11-13-20(14-12-19)28-26(31)30-23-16-32-25-24(23)21(17-7-3-1-4-8-17)15-22(29-25)18-9-5-2-6-10-18/h1-16H,(H2,28,30,31). The summed E-state index contributed by atoms with van der Waals surface area (Å²) in [5.74, 6) is 0. The molecule has 0 atom stereocenters. The molecule has 2 aromatic heterocycles. The van der Waals surface area contributed by atoms with Crippen LogP contribution in [0.15, 0.2) is 96.4 Å². The van der Waals surface area contributed by atoms with Crippen molar-refractivity contribution in [3.05, 3.63) is 101 Å². The predicted molar refractivity (Wildman–Crippen MR) is 135 cm³/mol. The zero-order valence-corrected chi connectivity index (χ0v) is 18.5. The second-order valence-corrected chi connectivity index (χ2v) is 8.50. The van der Waals surface area contributed by atoms with Crippen molar-refractivity contribution in [2.45, 2.75) is 0 Å². The Bertz CT molecular complexity index is 1380. The van der Waals surface area contributed by atoms with Gasteiger partial charge in [0, 0.05) is 27.0 Å². The summed E-state index contributed by atoms with van der Waals surface area (Å²) in [6.07, 6.45) is 0. The predicted octanol–water partition coefficient (Wildman–Crippen LogP) is 7.93. The molecule has 0 aliphatic rings. The summed E-state index contributed by atoms with van der Waals surface area (Å²) in [7, 11) is 0. The van der Waals surface area contributed by atoms with Gasteiger partial charge in [-0.1, -0.05) is 72.3 Å². The summed E-state index contributed by atoms with van der Waals surface area (Å²) >= 11 is 7.44. The minimum Gasteiger partial charge on any atom is -0.308 e. The van der Waals surface area contributed by atoms with Crippen LogP contribution in [-0.4, -0.2) is 11.0 Å². The third-order valence-electron chi connectivity index (χ3n) is 5.05. The van der Waals surface area contributed by atoms with Gasteiger partial charge in [0.05, 0.1) is 11.4 Å². The van der Waals surface area contributed by atoms with Crippen molar-refractivity contribution in [1.29, 1.82) is 0 Å². The van der Waals surface area contributed by atoms with E-state index in [1.54, 1.807) is 24.3 Å². The van der Waals surface area contributed by atoms with Crippen LogP contribution in [0.3, 0.4) is 0 Å². The van der Waals surface area contributed by atoms with Gasteiger partial charge in [0.25, 0.3) is 0 Å². The van der Waals surface area contributed by atoms with Crippen LogP contribution in [-0.2, 0) is 0 Å². The molecule has 5 aromatic rings. The van der Waals surface area contributed by atoms with Crippen molar-refractivity contribution in [2.75, 3.05) is 10.6 Å². The van der Waals surface area contributed by atoms with Crippen molar-refractivity contribution in [3.63, 3.8) is 0 Å². The lowest BCUT2D eigenvalue weighted by atomic mass is 10.00. The third kappa shape index (κ3) is 4.21. The van der Waals surface area contributed by atoms with E-state index in [2.05, 4.69) is 41.0 Å². The monoisotopic (exact) mass is 455 g/mol. The van der Waals surface area contributed by atoms with E-state index in [1.807, 2.05) is 41.8 Å². The number of hydrogen-bond acceptors (Lipinski definition) is 3. The summed E-state index contributed by atoms with van der Waals surface area (Å²) in [6, 6.07) is 29.0. The molecule has 6 heteroatoms. The molecule has 3 aromatic carbocycles. The Labute approximate surface area is 194 Å². The number of aromatic nitrogens is 1. The fourth-order valence-electron chi connectivity index (χ4n) is 3.55. The molecular formula is C26H18ClN3OS. The minimum atomic E-state index is -0.321. The largest absolute Gasteiger partial charge is 0.323 e. The van der Waals surface area contributed by atoms with E-state index in [1.165, 1.54) is 11.3 Å². The van der Waals surface area contributed by atoms with E-state index >= 15 is 0 Å². The van der Waals surface area contributed by atoms with E-state index in [0.29, 0.717) is 10.7 Å².